The zero-order chi connectivity index (χ0) is 14.7. The molecule has 2 aromatic rings. The van der Waals surface area contributed by atoms with Crippen molar-refractivity contribution >= 4 is 28.9 Å². The minimum atomic E-state index is -0.388. The van der Waals surface area contributed by atoms with E-state index >= 15 is 0 Å². The number of para-hydroxylation sites is 1. The summed E-state index contributed by atoms with van der Waals surface area (Å²) in [5, 5.41) is 11.3. The van der Waals surface area contributed by atoms with Gasteiger partial charge in [0.15, 0.2) is 0 Å². The lowest BCUT2D eigenvalue weighted by molar-refractivity contribution is -0.385. The fourth-order valence-corrected chi connectivity index (χ4v) is 2.47. The van der Waals surface area contributed by atoms with Crippen LogP contribution in [0.2, 0.25) is 5.02 Å². The molecule has 2 aromatic carbocycles. The largest absolute Gasteiger partial charge is 0.272 e. The Hall–Kier alpha value is -1.58. The second kappa shape index (κ2) is 6.25. The summed E-state index contributed by atoms with van der Waals surface area (Å²) in [7, 11) is 0. The SMILES string of the molecule is Cc1ccc(C(Cl)Cc2ccccc2[N+](=O)[O-])cc1Cl. The number of alkyl halides is 1. The van der Waals surface area contributed by atoms with E-state index in [0.717, 1.165) is 11.1 Å². The molecular weight excluding hydrogens is 297 g/mol. The normalized spacial score (nSPS) is 12.2. The minimum Gasteiger partial charge on any atom is -0.258 e. The van der Waals surface area contributed by atoms with Crippen LogP contribution in [0.4, 0.5) is 5.69 Å². The molecule has 1 unspecified atom stereocenters. The number of benzene rings is 2. The molecule has 0 aliphatic carbocycles. The molecule has 0 saturated carbocycles. The second-order valence-electron chi connectivity index (χ2n) is 4.57. The third kappa shape index (κ3) is 3.30. The molecule has 0 aliphatic rings. The Morgan fingerprint density at radius 3 is 2.60 bits per heavy atom. The highest BCUT2D eigenvalue weighted by Gasteiger charge is 2.17. The average Bonchev–Trinajstić information content (AvgIpc) is 2.42. The number of halogens is 2. The molecule has 0 amide bonds. The Morgan fingerprint density at radius 2 is 1.95 bits per heavy atom. The maximum absolute atomic E-state index is 11.0. The van der Waals surface area contributed by atoms with E-state index in [1.807, 2.05) is 25.1 Å². The van der Waals surface area contributed by atoms with Crippen LogP contribution in [0.5, 0.6) is 0 Å². The number of rotatable bonds is 4. The molecule has 0 aliphatic heterocycles. The summed E-state index contributed by atoms with van der Waals surface area (Å²) in [6.07, 6.45) is 0.387. The number of nitro benzene ring substituents is 1. The molecule has 0 fully saturated rings. The van der Waals surface area contributed by atoms with E-state index in [1.165, 1.54) is 6.07 Å². The fourth-order valence-electron chi connectivity index (χ4n) is 1.98. The van der Waals surface area contributed by atoms with Gasteiger partial charge in [-0.05, 0) is 30.5 Å². The fraction of sp³-hybridized carbons (Fsp3) is 0.200. The van der Waals surface area contributed by atoms with Gasteiger partial charge in [-0.1, -0.05) is 41.9 Å². The van der Waals surface area contributed by atoms with Crippen molar-refractivity contribution in [1.82, 2.24) is 0 Å². The third-order valence-corrected chi connectivity index (χ3v) is 3.96. The van der Waals surface area contributed by atoms with Gasteiger partial charge in [0.05, 0.1) is 10.3 Å². The Kier molecular flexibility index (Phi) is 4.63. The first kappa shape index (κ1) is 14.8. The lowest BCUT2D eigenvalue weighted by Crippen LogP contribution is -2.00. The van der Waals surface area contributed by atoms with Gasteiger partial charge in [-0.2, -0.15) is 0 Å². The standard InChI is InChI=1S/C15H13Cl2NO2/c1-10-6-7-11(8-13(10)16)14(17)9-12-4-2-3-5-15(12)18(19)20/h2-8,14H,9H2,1H3. The van der Waals surface area contributed by atoms with E-state index in [1.54, 1.807) is 18.2 Å². The van der Waals surface area contributed by atoms with Crippen molar-refractivity contribution < 1.29 is 4.92 Å². The van der Waals surface area contributed by atoms with Crippen LogP contribution in [0.25, 0.3) is 0 Å². The molecule has 0 spiro atoms. The van der Waals surface area contributed by atoms with Crippen LogP contribution in [-0.2, 0) is 6.42 Å². The number of nitro groups is 1. The lowest BCUT2D eigenvalue weighted by Gasteiger charge is -2.11. The predicted molar refractivity (Wildman–Crippen MR) is 81.6 cm³/mol. The van der Waals surface area contributed by atoms with Crippen LogP contribution >= 0.6 is 23.2 Å². The molecule has 20 heavy (non-hydrogen) atoms. The number of hydrogen-bond donors (Lipinski definition) is 0. The zero-order valence-electron chi connectivity index (χ0n) is 10.8. The van der Waals surface area contributed by atoms with Crippen molar-refractivity contribution in [3.63, 3.8) is 0 Å². The Morgan fingerprint density at radius 1 is 1.25 bits per heavy atom. The van der Waals surface area contributed by atoms with Crippen molar-refractivity contribution in [1.29, 1.82) is 0 Å². The van der Waals surface area contributed by atoms with Gasteiger partial charge in [0.25, 0.3) is 5.69 Å². The van der Waals surface area contributed by atoms with Crippen LogP contribution in [0.3, 0.4) is 0 Å². The smallest absolute Gasteiger partial charge is 0.258 e. The van der Waals surface area contributed by atoms with Crippen LogP contribution in [0.15, 0.2) is 42.5 Å². The summed E-state index contributed by atoms with van der Waals surface area (Å²) in [6.45, 7) is 1.91. The van der Waals surface area contributed by atoms with Gasteiger partial charge in [-0.3, -0.25) is 10.1 Å². The first-order valence-corrected chi connectivity index (χ1v) is 6.93. The maximum Gasteiger partial charge on any atom is 0.272 e. The van der Waals surface area contributed by atoms with Gasteiger partial charge >= 0.3 is 0 Å². The molecule has 0 radical (unpaired) electrons. The molecule has 0 aromatic heterocycles. The molecule has 0 heterocycles. The Bertz CT molecular complexity index is 644. The second-order valence-corrected chi connectivity index (χ2v) is 5.50. The number of nitrogens with zero attached hydrogens (tertiary/aromatic N) is 1. The molecule has 0 N–H and O–H groups in total. The van der Waals surface area contributed by atoms with Gasteiger partial charge < -0.3 is 0 Å². The van der Waals surface area contributed by atoms with Gasteiger partial charge in [0, 0.05) is 16.7 Å². The number of aryl methyl sites for hydroxylation is 1. The molecule has 3 nitrogen and oxygen atoms in total. The average molecular weight is 310 g/mol. The van der Waals surface area contributed by atoms with Gasteiger partial charge in [-0.15, -0.1) is 11.6 Å². The molecular formula is C15H13Cl2NO2. The van der Waals surface area contributed by atoms with Gasteiger partial charge in [-0.25, -0.2) is 0 Å². The summed E-state index contributed by atoms with van der Waals surface area (Å²) in [5.41, 5.74) is 2.55. The van der Waals surface area contributed by atoms with E-state index in [0.29, 0.717) is 17.0 Å². The first-order valence-electron chi connectivity index (χ1n) is 6.11. The predicted octanol–water partition coefficient (Wildman–Crippen LogP) is 5.08. The van der Waals surface area contributed by atoms with E-state index in [9.17, 15) is 10.1 Å². The molecule has 2 rings (SSSR count). The Balaban J connectivity index is 2.25. The summed E-state index contributed by atoms with van der Waals surface area (Å²) in [6, 6.07) is 12.2. The number of hydrogen-bond acceptors (Lipinski definition) is 2. The van der Waals surface area contributed by atoms with Crippen LogP contribution in [-0.4, -0.2) is 4.92 Å². The summed E-state index contributed by atoms with van der Waals surface area (Å²) >= 11 is 12.4. The lowest BCUT2D eigenvalue weighted by atomic mass is 10.0. The van der Waals surface area contributed by atoms with Crippen molar-refractivity contribution in [3.8, 4) is 0 Å². The molecule has 0 bridgehead atoms. The first-order chi connectivity index (χ1) is 9.49. The maximum atomic E-state index is 11.0. The minimum absolute atomic E-state index is 0.0939. The topological polar surface area (TPSA) is 43.1 Å². The van der Waals surface area contributed by atoms with Gasteiger partial charge in [0.1, 0.15) is 0 Å². The third-order valence-electron chi connectivity index (χ3n) is 3.15. The molecule has 104 valence electrons. The van der Waals surface area contributed by atoms with Crippen molar-refractivity contribution in [2.75, 3.05) is 0 Å². The van der Waals surface area contributed by atoms with Crippen LogP contribution < -0.4 is 0 Å². The van der Waals surface area contributed by atoms with Crippen LogP contribution in [0.1, 0.15) is 22.1 Å². The van der Waals surface area contributed by atoms with E-state index in [-0.39, 0.29) is 16.0 Å². The highest BCUT2D eigenvalue weighted by atomic mass is 35.5. The van der Waals surface area contributed by atoms with Crippen molar-refractivity contribution in [3.05, 3.63) is 74.3 Å². The summed E-state index contributed by atoms with van der Waals surface area (Å²) in [4.78, 5) is 10.6. The summed E-state index contributed by atoms with van der Waals surface area (Å²) in [5.74, 6) is 0. The quantitative estimate of drug-likeness (QED) is 0.449. The van der Waals surface area contributed by atoms with Crippen molar-refractivity contribution in [2.45, 2.75) is 18.7 Å². The highest BCUT2D eigenvalue weighted by Crippen LogP contribution is 2.31. The molecule has 0 saturated heterocycles. The van der Waals surface area contributed by atoms with E-state index < -0.39 is 0 Å². The van der Waals surface area contributed by atoms with Gasteiger partial charge in [0.2, 0.25) is 0 Å². The molecule has 5 heteroatoms. The monoisotopic (exact) mass is 309 g/mol. The highest BCUT2D eigenvalue weighted by molar-refractivity contribution is 6.31. The van der Waals surface area contributed by atoms with E-state index in [4.69, 9.17) is 23.2 Å². The Labute approximate surface area is 127 Å². The summed E-state index contributed by atoms with van der Waals surface area (Å²) < 4.78 is 0. The van der Waals surface area contributed by atoms with E-state index in [2.05, 4.69) is 0 Å². The van der Waals surface area contributed by atoms with Crippen molar-refractivity contribution in [2.24, 2.45) is 0 Å². The molecule has 1 atom stereocenters. The zero-order valence-corrected chi connectivity index (χ0v) is 12.4. The van der Waals surface area contributed by atoms with Crippen LogP contribution in [0, 0.1) is 17.0 Å².